The number of rotatable bonds is 5. The Morgan fingerprint density at radius 1 is 1.24 bits per heavy atom. The first-order valence-electron chi connectivity index (χ1n) is 7.28. The molecule has 0 aliphatic rings. The van der Waals surface area contributed by atoms with Gasteiger partial charge in [-0.3, -0.25) is 0 Å². The van der Waals surface area contributed by atoms with Crippen LogP contribution in [0.4, 0.5) is 5.95 Å². The molecule has 3 aromatic rings. The average Bonchev–Trinajstić information content (AvgIpc) is 2.65. The van der Waals surface area contributed by atoms with E-state index in [4.69, 9.17) is 4.74 Å². The van der Waals surface area contributed by atoms with Gasteiger partial charge in [0.15, 0.2) is 11.5 Å². The molecule has 0 fully saturated rings. The van der Waals surface area contributed by atoms with Crippen LogP contribution in [-0.2, 0) is 0 Å². The quantitative estimate of drug-likeness (QED) is 0.504. The summed E-state index contributed by atoms with van der Waals surface area (Å²) in [4.78, 5) is 4.35. The molecule has 25 heavy (non-hydrogen) atoms. The predicted molar refractivity (Wildman–Crippen MR) is 98.8 cm³/mol. The van der Waals surface area contributed by atoms with Gasteiger partial charge in [-0.15, -0.1) is 5.10 Å². The van der Waals surface area contributed by atoms with Gasteiger partial charge in [0.05, 0.1) is 25.2 Å². The van der Waals surface area contributed by atoms with E-state index in [9.17, 15) is 5.11 Å². The monoisotopic (exact) mass is 399 g/mol. The summed E-state index contributed by atoms with van der Waals surface area (Å²) < 4.78 is 5.86. The highest BCUT2D eigenvalue weighted by molar-refractivity contribution is 9.10. The van der Waals surface area contributed by atoms with Crippen molar-refractivity contribution in [3.05, 3.63) is 58.7 Å². The minimum atomic E-state index is -0.00618. The van der Waals surface area contributed by atoms with Gasteiger partial charge in [-0.2, -0.15) is 10.2 Å². The van der Waals surface area contributed by atoms with E-state index in [-0.39, 0.29) is 11.7 Å². The second-order valence-corrected chi connectivity index (χ2v) is 5.86. The summed E-state index contributed by atoms with van der Waals surface area (Å²) in [6.07, 6.45) is 3.02. The van der Waals surface area contributed by atoms with Crippen LogP contribution in [0.1, 0.15) is 5.56 Å². The summed E-state index contributed by atoms with van der Waals surface area (Å²) in [5, 5.41) is 21.9. The smallest absolute Gasteiger partial charge is 0.263 e. The van der Waals surface area contributed by atoms with Gasteiger partial charge in [0.25, 0.3) is 5.95 Å². The Kier molecular flexibility index (Phi) is 5.20. The number of hydrogen-bond acceptors (Lipinski definition) is 7. The summed E-state index contributed by atoms with van der Waals surface area (Å²) in [5.74, 6) is 0.590. The Labute approximate surface area is 152 Å². The fourth-order valence-corrected chi connectivity index (χ4v) is 2.56. The summed E-state index contributed by atoms with van der Waals surface area (Å²) >= 11 is 3.35. The third-order valence-corrected chi connectivity index (χ3v) is 3.74. The maximum atomic E-state index is 10.1. The summed E-state index contributed by atoms with van der Waals surface area (Å²) in [5.41, 5.74) is 4.79. The van der Waals surface area contributed by atoms with Crippen molar-refractivity contribution in [1.82, 2.24) is 15.2 Å². The van der Waals surface area contributed by atoms with Crippen LogP contribution in [0.15, 0.2) is 58.2 Å². The lowest BCUT2D eigenvalue weighted by Crippen LogP contribution is -2.00. The molecule has 1 heterocycles. The number of phenols is 1. The van der Waals surface area contributed by atoms with E-state index in [2.05, 4.69) is 41.6 Å². The maximum absolute atomic E-state index is 10.1. The van der Waals surface area contributed by atoms with Gasteiger partial charge < -0.3 is 9.84 Å². The molecule has 0 aliphatic carbocycles. The Morgan fingerprint density at radius 3 is 2.80 bits per heavy atom. The molecule has 0 amide bonds. The molecule has 0 unspecified atom stereocenters. The molecule has 126 valence electrons. The van der Waals surface area contributed by atoms with Crippen molar-refractivity contribution in [2.24, 2.45) is 5.10 Å². The van der Waals surface area contributed by atoms with Crippen molar-refractivity contribution in [1.29, 1.82) is 0 Å². The Morgan fingerprint density at radius 2 is 2.04 bits per heavy atom. The highest BCUT2D eigenvalue weighted by Gasteiger charge is 2.08. The van der Waals surface area contributed by atoms with Crippen LogP contribution in [0.5, 0.6) is 11.5 Å². The molecule has 0 bridgehead atoms. The van der Waals surface area contributed by atoms with E-state index in [1.54, 1.807) is 18.3 Å². The standard InChI is InChI=1S/C17H14BrN5O2/c1-25-15-8-13(18)7-12(16(15)24)9-19-22-17-21-14(10-20-23-17)11-5-3-2-4-6-11/h2-10,24H,1H3,(H,21,22,23)/b19-9-. The summed E-state index contributed by atoms with van der Waals surface area (Å²) in [6.45, 7) is 0. The van der Waals surface area contributed by atoms with Crippen molar-refractivity contribution in [3.8, 4) is 22.8 Å². The number of anilines is 1. The third kappa shape index (κ3) is 4.10. The molecule has 2 N–H and O–H groups in total. The number of benzene rings is 2. The number of phenolic OH excluding ortho intramolecular Hbond substituents is 1. The number of methoxy groups -OCH3 is 1. The Balaban J connectivity index is 1.78. The molecule has 1 aromatic heterocycles. The van der Waals surface area contributed by atoms with Crippen LogP contribution in [0.2, 0.25) is 0 Å². The van der Waals surface area contributed by atoms with Crippen LogP contribution in [-0.4, -0.2) is 33.6 Å². The topological polar surface area (TPSA) is 92.5 Å². The zero-order valence-electron chi connectivity index (χ0n) is 13.2. The van der Waals surface area contributed by atoms with Crippen LogP contribution < -0.4 is 10.2 Å². The van der Waals surface area contributed by atoms with Crippen LogP contribution in [0.25, 0.3) is 11.3 Å². The van der Waals surface area contributed by atoms with Crippen LogP contribution in [0.3, 0.4) is 0 Å². The maximum Gasteiger partial charge on any atom is 0.263 e. The molecule has 0 saturated carbocycles. The minimum absolute atomic E-state index is 0.00618. The molecule has 0 atom stereocenters. The molecule has 7 nitrogen and oxygen atoms in total. The second-order valence-electron chi connectivity index (χ2n) is 4.95. The first-order valence-corrected chi connectivity index (χ1v) is 8.07. The van der Waals surface area contributed by atoms with E-state index < -0.39 is 0 Å². The summed E-state index contributed by atoms with van der Waals surface area (Å²) in [7, 11) is 1.48. The number of nitrogens with one attached hydrogen (secondary N) is 1. The molecule has 0 aliphatic heterocycles. The highest BCUT2D eigenvalue weighted by Crippen LogP contribution is 2.32. The fraction of sp³-hybridized carbons (Fsp3) is 0.0588. The average molecular weight is 400 g/mol. The van der Waals surface area contributed by atoms with Crippen molar-refractivity contribution in [3.63, 3.8) is 0 Å². The number of aromatic hydroxyl groups is 1. The zero-order valence-corrected chi connectivity index (χ0v) is 14.8. The van der Waals surface area contributed by atoms with E-state index in [1.165, 1.54) is 13.3 Å². The van der Waals surface area contributed by atoms with Gasteiger partial charge in [0.1, 0.15) is 0 Å². The van der Waals surface area contributed by atoms with Crippen molar-refractivity contribution in [2.45, 2.75) is 0 Å². The minimum Gasteiger partial charge on any atom is -0.504 e. The van der Waals surface area contributed by atoms with E-state index in [0.717, 1.165) is 10.0 Å². The number of aromatic nitrogens is 3. The second kappa shape index (κ2) is 7.71. The lowest BCUT2D eigenvalue weighted by molar-refractivity contribution is 0.373. The SMILES string of the molecule is COc1cc(Br)cc(/C=N\Nc2nncc(-c3ccccc3)n2)c1O. The van der Waals surface area contributed by atoms with Crippen LogP contribution >= 0.6 is 15.9 Å². The molecular weight excluding hydrogens is 386 g/mol. The van der Waals surface area contributed by atoms with Crippen molar-refractivity contribution in [2.75, 3.05) is 12.5 Å². The van der Waals surface area contributed by atoms with Gasteiger partial charge >= 0.3 is 0 Å². The van der Waals surface area contributed by atoms with Gasteiger partial charge in [0.2, 0.25) is 0 Å². The van der Waals surface area contributed by atoms with Gasteiger partial charge in [0, 0.05) is 15.6 Å². The molecule has 0 spiro atoms. The number of ether oxygens (including phenoxy) is 1. The largest absolute Gasteiger partial charge is 0.504 e. The normalized spacial score (nSPS) is 10.8. The van der Waals surface area contributed by atoms with E-state index in [0.29, 0.717) is 17.0 Å². The third-order valence-electron chi connectivity index (χ3n) is 3.29. The summed E-state index contributed by atoms with van der Waals surface area (Å²) in [6, 6.07) is 13.0. The predicted octanol–water partition coefficient (Wildman–Crippen LogP) is 3.46. The number of nitrogens with zero attached hydrogens (tertiary/aromatic N) is 4. The molecule has 2 aromatic carbocycles. The van der Waals surface area contributed by atoms with Gasteiger partial charge in [-0.1, -0.05) is 46.3 Å². The van der Waals surface area contributed by atoms with E-state index >= 15 is 0 Å². The lowest BCUT2D eigenvalue weighted by Gasteiger charge is -2.06. The number of hydrogen-bond donors (Lipinski definition) is 2. The Hall–Kier alpha value is -3.00. The van der Waals surface area contributed by atoms with E-state index in [1.807, 2.05) is 30.3 Å². The van der Waals surface area contributed by atoms with Gasteiger partial charge in [-0.25, -0.2) is 10.4 Å². The lowest BCUT2D eigenvalue weighted by atomic mass is 10.2. The zero-order chi connectivity index (χ0) is 17.6. The molecule has 3 rings (SSSR count). The first-order chi connectivity index (χ1) is 12.2. The van der Waals surface area contributed by atoms with Gasteiger partial charge in [-0.05, 0) is 12.1 Å². The first kappa shape index (κ1) is 16.8. The van der Waals surface area contributed by atoms with Crippen LogP contribution in [0, 0.1) is 0 Å². The Bertz CT molecular complexity index is 903. The van der Waals surface area contributed by atoms with Crippen molar-refractivity contribution >= 4 is 28.1 Å². The molecule has 0 saturated heterocycles. The number of hydrazone groups is 1. The highest BCUT2D eigenvalue weighted by atomic mass is 79.9. The molecule has 0 radical (unpaired) electrons. The molecular formula is C17H14BrN5O2. The molecule has 8 heteroatoms. The van der Waals surface area contributed by atoms with Crippen molar-refractivity contribution < 1.29 is 9.84 Å². The number of halogens is 1. The fourth-order valence-electron chi connectivity index (χ4n) is 2.11.